The van der Waals surface area contributed by atoms with Crippen LogP contribution in [0.3, 0.4) is 0 Å². The number of benzene rings is 1. The fraction of sp³-hybridized carbons (Fsp3) is 0.312. The van der Waals surface area contributed by atoms with Gasteiger partial charge in [0.05, 0.1) is 11.8 Å². The molecule has 4 heteroatoms. The number of rotatable bonds is 6. The first kappa shape index (κ1) is 14.5. The molecule has 0 amide bonds. The summed E-state index contributed by atoms with van der Waals surface area (Å²) in [5.74, 6) is 0. The molecule has 0 aliphatic heterocycles. The lowest BCUT2D eigenvalue weighted by Crippen LogP contribution is -2.28. The van der Waals surface area contributed by atoms with Crippen molar-refractivity contribution < 1.29 is 5.11 Å². The molecule has 0 radical (unpaired) electrons. The molecule has 3 N–H and O–H groups in total. The van der Waals surface area contributed by atoms with Gasteiger partial charge in [0.2, 0.25) is 0 Å². The Morgan fingerprint density at radius 1 is 1.20 bits per heavy atom. The Kier molecular flexibility index (Phi) is 5.09. The minimum Gasteiger partial charge on any atom is -0.398 e. The number of hydrogen-bond donors (Lipinski definition) is 2. The zero-order chi connectivity index (χ0) is 14.4. The van der Waals surface area contributed by atoms with Gasteiger partial charge in [-0.25, -0.2) is 0 Å². The maximum absolute atomic E-state index is 10.3. The van der Waals surface area contributed by atoms with E-state index < -0.39 is 6.10 Å². The Morgan fingerprint density at radius 3 is 2.60 bits per heavy atom. The lowest BCUT2D eigenvalue weighted by molar-refractivity contribution is 0.112. The van der Waals surface area contributed by atoms with Gasteiger partial charge in [-0.3, -0.25) is 9.88 Å². The molecule has 1 aromatic carbocycles. The van der Waals surface area contributed by atoms with Crippen molar-refractivity contribution in [1.82, 2.24) is 9.88 Å². The van der Waals surface area contributed by atoms with Crippen LogP contribution in [0.25, 0.3) is 0 Å². The third kappa shape index (κ3) is 3.79. The Bertz CT molecular complexity index is 530. The van der Waals surface area contributed by atoms with Crippen LogP contribution in [0, 0.1) is 0 Å². The van der Waals surface area contributed by atoms with Crippen molar-refractivity contribution in [1.29, 1.82) is 0 Å². The zero-order valence-corrected chi connectivity index (χ0v) is 11.7. The van der Waals surface area contributed by atoms with Crippen LogP contribution in [0.4, 0.5) is 5.69 Å². The lowest BCUT2D eigenvalue weighted by atomic mass is 10.1. The van der Waals surface area contributed by atoms with E-state index >= 15 is 0 Å². The summed E-state index contributed by atoms with van der Waals surface area (Å²) in [5, 5.41) is 10.3. The number of hydrogen-bond acceptors (Lipinski definition) is 4. The van der Waals surface area contributed by atoms with Crippen molar-refractivity contribution >= 4 is 5.69 Å². The molecule has 1 aromatic heterocycles. The molecule has 4 nitrogen and oxygen atoms in total. The Hall–Kier alpha value is -1.91. The van der Waals surface area contributed by atoms with E-state index in [0.29, 0.717) is 12.2 Å². The molecular weight excluding hydrogens is 250 g/mol. The summed E-state index contributed by atoms with van der Waals surface area (Å²) in [5.41, 5.74) is 8.32. The van der Waals surface area contributed by atoms with Crippen molar-refractivity contribution in [2.75, 3.05) is 18.8 Å². The number of nitrogen functional groups attached to an aromatic ring is 1. The van der Waals surface area contributed by atoms with E-state index in [2.05, 4.69) is 16.8 Å². The van der Waals surface area contributed by atoms with Gasteiger partial charge in [0.1, 0.15) is 0 Å². The molecule has 0 aliphatic rings. The van der Waals surface area contributed by atoms with E-state index in [1.54, 1.807) is 6.20 Å². The first-order valence-electron chi connectivity index (χ1n) is 6.85. The summed E-state index contributed by atoms with van der Waals surface area (Å²) >= 11 is 0. The van der Waals surface area contributed by atoms with Gasteiger partial charge >= 0.3 is 0 Å². The number of pyridine rings is 1. The Balaban J connectivity index is 2.01. The van der Waals surface area contributed by atoms with Crippen LogP contribution in [0.5, 0.6) is 0 Å². The molecule has 1 atom stereocenters. The van der Waals surface area contributed by atoms with Crippen LogP contribution >= 0.6 is 0 Å². The van der Waals surface area contributed by atoms with Gasteiger partial charge in [0.25, 0.3) is 0 Å². The largest absolute Gasteiger partial charge is 0.398 e. The van der Waals surface area contributed by atoms with Crippen LogP contribution in [0.1, 0.15) is 24.3 Å². The second kappa shape index (κ2) is 7.03. The summed E-state index contributed by atoms with van der Waals surface area (Å²) in [6.07, 6.45) is 1.20. The smallest absolute Gasteiger partial charge is 0.0936 e. The fourth-order valence-electron chi connectivity index (χ4n) is 2.18. The minimum atomic E-state index is -0.583. The van der Waals surface area contributed by atoms with E-state index in [1.165, 1.54) is 0 Å². The van der Waals surface area contributed by atoms with Gasteiger partial charge in [0.15, 0.2) is 0 Å². The molecule has 106 valence electrons. The average Bonchev–Trinajstić information content (AvgIpc) is 2.48. The van der Waals surface area contributed by atoms with Gasteiger partial charge in [-0.05, 0) is 24.7 Å². The predicted octanol–water partition coefficient (Wildman–Crippen LogP) is 2.22. The van der Waals surface area contributed by atoms with Gasteiger partial charge < -0.3 is 10.8 Å². The average molecular weight is 271 g/mol. The summed E-state index contributed by atoms with van der Waals surface area (Å²) in [6.45, 7) is 4.19. The minimum absolute atomic E-state index is 0.543. The molecule has 0 fully saturated rings. The van der Waals surface area contributed by atoms with Crippen molar-refractivity contribution in [3.05, 3.63) is 59.9 Å². The number of aliphatic hydroxyl groups is 1. The van der Waals surface area contributed by atoms with Gasteiger partial charge in [0, 0.05) is 30.5 Å². The van der Waals surface area contributed by atoms with Crippen LogP contribution in [-0.4, -0.2) is 28.1 Å². The van der Waals surface area contributed by atoms with Gasteiger partial charge in [-0.1, -0.05) is 31.2 Å². The third-order valence-corrected chi connectivity index (χ3v) is 3.35. The van der Waals surface area contributed by atoms with Crippen LogP contribution in [-0.2, 0) is 6.54 Å². The first-order valence-corrected chi connectivity index (χ1v) is 6.85. The fourth-order valence-corrected chi connectivity index (χ4v) is 2.18. The number of likely N-dealkylation sites (N-methyl/N-ethyl adjacent to an activating group) is 1. The van der Waals surface area contributed by atoms with Gasteiger partial charge in [-0.2, -0.15) is 0 Å². The standard InChI is InChI=1S/C16H21N3O/c1-2-19(11-13-7-5-6-10-18-13)12-16(20)14-8-3-4-9-15(14)17/h3-10,16,20H,2,11-12,17H2,1H3. The molecule has 2 rings (SSSR count). The number of nitrogens with zero attached hydrogens (tertiary/aromatic N) is 2. The summed E-state index contributed by atoms with van der Waals surface area (Å²) in [4.78, 5) is 6.47. The van der Waals surface area contributed by atoms with Crippen LogP contribution < -0.4 is 5.73 Å². The highest BCUT2D eigenvalue weighted by Gasteiger charge is 2.15. The van der Waals surface area contributed by atoms with Crippen LogP contribution in [0.15, 0.2) is 48.7 Å². The van der Waals surface area contributed by atoms with Crippen molar-refractivity contribution in [3.8, 4) is 0 Å². The molecule has 2 aromatic rings. The molecule has 20 heavy (non-hydrogen) atoms. The van der Waals surface area contributed by atoms with Crippen molar-refractivity contribution in [2.24, 2.45) is 0 Å². The van der Waals surface area contributed by atoms with Crippen molar-refractivity contribution in [2.45, 2.75) is 19.6 Å². The molecule has 0 saturated carbocycles. The van der Waals surface area contributed by atoms with E-state index in [9.17, 15) is 5.11 Å². The highest BCUT2D eigenvalue weighted by atomic mass is 16.3. The first-order chi connectivity index (χ1) is 9.70. The predicted molar refractivity (Wildman–Crippen MR) is 81.0 cm³/mol. The lowest BCUT2D eigenvalue weighted by Gasteiger charge is -2.24. The third-order valence-electron chi connectivity index (χ3n) is 3.35. The summed E-state index contributed by atoms with van der Waals surface area (Å²) in [7, 11) is 0. The van der Waals surface area contributed by atoms with E-state index in [-0.39, 0.29) is 0 Å². The molecule has 0 bridgehead atoms. The highest BCUT2D eigenvalue weighted by molar-refractivity contribution is 5.47. The molecule has 0 aliphatic carbocycles. The number of para-hydroxylation sites is 1. The number of aliphatic hydroxyl groups excluding tert-OH is 1. The molecule has 0 saturated heterocycles. The SMILES string of the molecule is CCN(Cc1ccccn1)CC(O)c1ccccc1N. The zero-order valence-electron chi connectivity index (χ0n) is 11.7. The number of anilines is 1. The van der Waals surface area contributed by atoms with Crippen LogP contribution in [0.2, 0.25) is 0 Å². The Morgan fingerprint density at radius 2 is 1.95 bits per heavy atom. The normalized spacial score (nSPS) is 12.6. The van der Waals surface area contributed by atoms with E-state index in [1.807, 2.05) is 42.5 Å². The maximum Gasteiger partial charge on any atom is 0.0936 e. The molecular formula is C16H21N3O. The summed E-state index contributed by atoms with van der Waals surface area (Å²) < 4.78 is 0. The molecule has 0 spiro atoms. The Labute approximate surface area is 119 Å². The second-order valence-electron chi connectivity index (χ2n) is 4.79. The second-order valence-corrected chi connectivity index (χ2v) is 4.79. The van der Waals surface area contributed by atoms with Gasteiger partial charge in [-0.15, -0.1) is 0 Å². The van der Waals surface area contributed by atoms with Crippen molar-refractivity contribution in [3.63, 3.8) is 0 Å². The topological polar surface area (TPSA) is 62.4 Å². The highest BCUT2D eigenvalue weighted by Crippen LogP contribution is 2.21. The maximum atomic E-state index is 10.3. The van der Waals surface area contributed by atoms with E-state index in [4.69, 9.17) is 5.73 Å². The number of nitrogens with two attached hydrogens (primary N) is 1. The van der Waals surface area contributed by atoms with E-state index in [0.717, 1.165) is 24.3 Å². The quantitative estimate of drug-likeness (QED) is 0.791. The molecule has 1 unspecified atom stereocenters. The molecule has 1 heterocycles. The number of aromatic nitrogens is 1. The summed E-state index contributed by atoms with van der Waals surface area (Å²) in [6, 6.07) is 13.3. The monoisotopic (exact) mass is 271 g/mol.